The van der Waals surface area contributed by atoms with E-state index in [2.05, 4.69) is 14.6 Å². The summed E-state index contributed by atoms with van der Waals surface area (Å²) >= 11 is 1.39. The zero-order valence-corrected chi connectivity index (χ0v) is 11.5. The summed E-state index contributed by atoms with van der Waals surface area (Å²) in [7, 11) is 0. The van der Waals surface area contributed by atoms with E-state index >= 15 is 0 Å². The molecule has 2 heterocycles. The number of hydrogen-bond acceptors (Lipinski definition) is 8. The summed E-state index contributed by atoms with van der Waals surface area (Å²) in [5, 5.41) is 8.92. The third kappa shape index (κ3) is 3.81. The second-order valence-electron chi connectivity index (χ2n) is 3.97. The van der Waals surface area contributed by atoms with Gasteiger partial charge in [-0.25, -0.2) is 4.79 Å². The predicted molar refractivity (Wildman–Crippen MR) is 70.6 cm³/mol. The van der Waals surface area contributed by atoms with Gasteiger partial charge in [0.1, 0.15) is 6.04 Å². The van der Waals surface area contributed by atoms with Crippen LogP contribution in [0, 0.1) is 10.1 Å². The Morgan fingerprint density at radius 2 is 2.38 bits per heavy atom. The number of pyridine rings is 1. The maximum absolute atomic E-state index is 12.3. The van der Waals surface area contributed by atoms with E-state index in [9.17, 15) is 19.7 Å². The molecule has 2 rings (SSSR count). The maximum atomic E-state index is 12.3. The van der Waals surface area contributed by atoms with Crippen LogP contribution in [0.1, 0.15) is 10.4 Å². The Balaban J connectivity index is 1.98. The maximum Gasteiger partial charge on any atom is 0.331 e. The summed E-state index contributed by atoms with van der Waals surface area (Å²) in [6.45, 7) is -0.790. The first-order valence-corrected chi connectivity index (χ1v) is 6.97. The highest BCUT2D eigenvalue weighted by Crippen LogP contribution is 2.23. The number of thioether (sulfide) groups is 1. The van der Waals surface area contributed by atoms with Gasteiger partial charge in [-0.2, -0.15) is 0 Å². The van der Waals surface area contributed by atoms with Gasteiger partial charge in [0.25, 0.3) is 11.0 Å². The minimum atomic E-state index is -1.06. The van der Waals surface area contributed by atoms with Crippen LogP contribution in [0.4, 0.5) is 0 Å². The van der Waals surface area contributed by atoms with Crippen LogP contribution < -0.4 is 0 Å². The van der Waals surface area contributed by atoms with Crippen molar-refractivity contribution in [3.05, 3.63) is 40.2 Å². The van der Waals surface area contributed by atoms with Crippen LogP contribution in [-0.2, 0) is 14.4 Å². The van der Waals surface area contributed by atoms with Gasteiger partial charge in [0, 0.05) is 18.1 Å². The van der Waals surface area contributed by atoms with Gasteiger partial charge in [-0.05, 0) is 12.1 Å². The fourth-order valence-corrected chi connectivity index (χ4v) is 2.86. The molecule has 112 valence electrons. The lowest BCUT2D eigenvalue weighted by Gasteiger charge is -2.21. The van der Waals surface area contributed by atoms with Crippen molar-refractivity contribution in [3.63, 3.8) is 0 Å². The van der Waals surface area contributed by atoms with Gasteiger partial charge >= 0.3 is 5.97 Å². The van der Waals surface area contributed by atoms with E-state index < -0.39 is 23.9 Å². The Kier molecular flexibility index (Phi) is 4.93. The molecule has 0 saturated carbocycles. The largest absolute Gasteiger partial charge is 0.436 e. The van der Waals surface area contributed by atoms with E-state index in [1.807, 2.05) is 0 Å². The molecule has 1 saturated heterocycles. The van der Waals surface area contributed by atoms with Crippen molar-refractivity contribution in [2.75, 3.05) is 18.4 Å². The summed E-state index contributed by atoms with van der Waals surface area (Å²) in [4.78, 5) is 43.2. The number of rotatable bonds is 5. The molecule has 1 aliphatic heterocycles. The van der Waals surface area contributed by atoms with Crippen LogP contribution in [0.2, 0.25) is 0 Å². The van der Waals surface area contributed by atoms with Crippen molar-refractivity contribution in [2.24, 2.45) is 0 Å². The highest BCUT2D eigenvalue weighted by atomic mass is 32.2. The Morgan fingerprint density at radius 3 is 3.05 bits per heavy atom. The van der Waals surface area contributed by atoms with E-state index in [0.717, 1.165) is 0 Å². The lowest BCUT2D eigenvalue weighted by Crippen LogP contribution is -2.43. The average molecular weight is 313 g/mol. The lowest BCUT2D eigenvalue weighted by atomic mass is 10.2. The van der Waals surface area contributed by atoms with Gasteiger partial charge < -0.3 is 9.64 Å². The smallest absolute Gasteiger partial charge is 0.331 e. The molecule has 0 spiro atoms. The summed E-state index contributed by atoms with van der Waals surface area (Å²) in [5.41, 5.74) is 0.361. The van der Waals surface area contributed by atoms with Gasteiger partial charge in [-0.3, -0.25) is 14.6 Å². The summed E-state index contributed by atoms with van der Waals surface area (Å²) in [6, 6.07) is 2.42. The van der Waals surface area contributed by atoms with Crippen LogP contribution in [0.3, 0.4) is 0 Å². The molecule has 1 amide bonds. The molecule has 1 unspecified atom stereocenters. The molecule has 0 radical (unpaired) electrons. The quantitative estimate of drug-likeness (QED) is 0.330. The molecule has 0 bridgehead atoms. The van der Waals surface area contributed by atoms with E-state index in [1.54, 1.807) is 12.1 Å². The topological polar surface area (TPSA) is 112 Å². The number of hydrogen-bond donors (Lipinski definition) is 0. The van der Waals surface area contributed by atoms with Crippen molar-refractivity contribution in [3.8, 4) is 0 Å². The average Bonchev–Trinajstić information content (AvgIpc) is 2.96. The number of esters is 1. The summed E-state index contributed by atoms with van der Waals surface area (Å²) < 4.78 is 4.63. The van der Waals surface area contributed by atoms with Gasteiger partial charge in [-0.15, -0.1) is 21.9 Å². The van der Waals surface area contributed by atoms with E-state index in [0.29, 0.717) is 17.2 Å². The molecule has 0 N–H and O–H groups in total. The van der Waals surface area contributed by atoms with Crippen LogP contribution in [0.15, 0.2) is 24.5 Å². The normalized spacial score (nSPS) is 17.3. The number of carbonyl (C=O) groups excluding carboxylic acids is 2. The van der Waals surface area contributed by atoms with Crippen molar-refractivity contribution >= 4 is 23.6 Å². The predicted octanol–water partition coefficient (Wildman–Crippen LogP) is 0.306. The van der Waals surface area contributed by atoms with Gasteiger partial charge in [0.2, 0.25) is 6.79 Å². The highest BCUT2D eigenvalue weighted by Gasteiger charge is 2.36. The van der Waals surface area contributed by atoms with Gasteiger partial charge in [-0.1, -0.05) is 0 Å². The monoisotopic (exact) mass is 313 g/mol. The van der Waals surface area contributed by atoms with Crippen molar-refractivity contribution in [1.29, 1.82) is 0 Å². The highest BCUT2D eigenvalue weighted by molar-refractivity contribution is 7.99. The summed E-state index contributed by atoms with van der Waals surface area (Å²) in [5.74, 6) is -0.378. The number of ether oxygens (including phenoxy) is 1. The molecule has 1 atom stereocenters. The second-order valence-corrected chi connectivity index (χ2v) is 4.97. The minimum Gasteiger partial charge on any atom is -0.436 e. The van der Waals surface area contributed by atoms with Crippen molar-refractivity contribution in [2.45, 2.75) is 6.04 Å². The Bertz CT molecular complexity index is 540. The zero-order valence-electron chi connectivity index (χ0n) is 10.7. The first-order valence-electron chi connectivity index (χ1n) is 5.82. The fourth-order valence-electron chi connectivity index (χ4n) is 1.72. The molecule has 1 aromatic rings. The molecule has 1 aromatic heterocycles. The van der Waals surface area contributed by atoms with Crippen molar-refractivity contribution < 1.29 is 24.3 Å². The standard InChI is InChI=1S/C11H11N3O6S/c15-10(8-2-1-3-12-4-8)13-6-21-5-9(13)11(16)19-7-20-14(17)18/h1-4,9H,5-7H2. The fraction of sp³-hybridized carbons (Fsp3) is 0.364. The Hall–Kier alpha value is -2.36. The van der Waals surface area contributed by atoms with Crippen LogP contribution in [0.5, 0.6) is 0 Å². The third-order valence-electron chi connectivity index (χ3n) is 2.68. The third-order valence-corrected chi connectivity index (χ3v) is 3.70. The number of carbonyl (C=O) groups is 2. The first kappa shape index (κ1) is 15.0. The molecule has 10 heteroatoms. The molecule has 21 heavy (non-hydrogen) atoms. The molecule has 1 aliphatic rings. The molecular weight excluding hydrogens is 302 g/mol. The van der Waals surface area contributed by atoms with Crippen LogP contribution >= 0.6 is 11.8 Å². The number of nitrogens with zero attached hydrogens (tertiary/aromatic N) is 3. The second kappa shape index (κ2) is 6.88. The number of amides is 1. The van der Waals surface area contributed by atoms with Crippen LogP contribution in [0.25, 0.3) is 0 Å². The zero-order chi connectivity index (χ0) is 15.2. The molecule has 1 fully saturated rings. The van der Waals surface area contributed by atoms with Crippen LogP contribution in [-0.4, -0.2) is 51.3 Å². The SMILES string of the molecule is O=C(OCO[N+](=O)[O-])C1CSCN1C(=O)c1cccnc1. The summed E-state index contributed by atoms with van der Waals surface area (Å²) in [6.07, 6.45) is 2.94. The van der Waals surface area contributed by atoms with Crippen molar-refractivity contribution in [1.82, 2.24) is 9.88 Å². The first-order chi connectivity index (χ1) is 10.1. The molecular formula is C11H11N3O6S. The molecule has 0 aliphatic carbocycles. The molecule has 9 nitrogen and oxygen atoms in total. The van der Waals surface area contributed by atoms with E-state index in [4.69, 9.17) is 0 Å². The van der Waals surface area contributed by atoms with Gasteiger partial charge in [0.15, 0.2) is 0 Å². The number of aromatic nitrogens is 1. The van der Waals surface area contributed by atoms with Gasteiger partial charge in [0.05, 0.1) is 11.4 Å². The Labute approximate surface area is 123 Å². The minimum absolute atomic E-state index is 0.337. The van der Waals surface area contributed by atoms with E-state index in [-0.39, 0.29) is 5.91 Å². The Morgan fingerprint density at radius 1 is 1.57 bits per heavy atom. The molecule has 0 aromatic carbocycles. The lowest BCUT2D eigenvalue weighted by molar-refractivity contribution is -0.765. The van der Waals surface area contributed by atoms with E-state index in [1.165, 1.54) is 29.1 Å².